The summed E-state index contributed by atoms with van der Waals surface area (Å²) < 4.78 is 10.5. The summed E-state index contributed by atoms with van der Waals surface area (Å²) in [5.41, 5.74) is 0.445. The summed E-state index contributed by atoms with van der Waals surface area (Å²) in [7, 11) is 1.52. The quantitative estimate of drug-likeness (QED) is 0.775. The van der Waals surface area contributed by atoms with Crippen molar-refractivity contribution >= 4 is 5.78 Å². The van der Waals surface area contributed by atoms with Gasteiger partial charge < -0.3 is 9.47 Å². The SMILES string of the molecule is CCC(C)C(=O)COc1cc(C#N)cc(OC)c1. The van der Waals surface area contributed by atoms with Crippen LogP contribution in [0.5, 0.6) is 11.5 Å². The van der Waals surface area contributed by atoms with Crippen molar-refractivity contribution < 1.29 is 14.3 Å². The molecule has 1 aromatic carbocycles. The van der Waals surface area contributed by atoms with Gasteiger partial charge in [-0.05, 0) is 18.6 Å². The molecule has 0 radical (unpaired) electrons. The Morgan fingerprint density at radius 3 is 2.61 bits per heavy atom. The van der Waals surface area contributed by atoms with Crippen LogP contribution in [-0.4, -0.2) is 19.5 Å². The van der Waals surface area contributed by atoms with Crippen LogP contribution < -0.4 is 9.47 Å². The Morgan fingerprint density at radius 2 is 2.06 bits per heavy atom. The van der Waals surface area contributed by atoms with Gasteiger partial charge in [0.25, 0.3) is 0 Å². The van der Waals surface area contributed by atoms with Crippen LogP contribution >= 0.6 is 0 Å². The van der Waals surface area contributed by atoms with Crippen molar-refractivity contribution in [2.45, 2.75) is 20.3 Å². The third-order valence-electron chi connectivity index (χ3n) is 2.79. The first-order valence-electron chi connectivity index (χ1n) is 5.85. The number of methoxy groups -OCH3 is 1. The molecule has 0 aromatic heterocycles. The lowest BCUT2D eigenvalue weighted by Crippen LogP contribution is -2.18. The van der Waals surface area contributed by atoms with Crippen molar-refractivity contribution in [1.82, 2.24) is 0 Å². The average molecular weight is 247 g/mol. The van der Waals surface area contributed by atoms with Gasteiger partial charge in [-0.3, -0.25) is 4.79 Å². The number of rotatable bonds is 6. The molecule has 18 heavy (non-hydrogen) atoms. The number of carbonyl (C=O) groups excluding carboxylic acids is 1. The van der Waals surface area contributed by atoms with Crippen molar-refractivity contribution in [3.8, 4) is 17.6 Å². The van der Waals surface area contributed by atoms with Crippen LogP contribution in [0.3, 0.4) is 0 Å². The molecule has 0 spiro atoms. The van der Waals surface area contributed by atoms with Crippen LogP contribution in [-0.2, 0) is 4.79 Å². The van der Waals surface area contributed by atoms with Gasteiger partial charge in [-0.25, -0.2) is 0 Å². The third-order valence-corrected chi connectivity index (χ3v) is 2.79. The van der Waals surface area contributed by atoms with E-state index in [1.54, 1.807) is 18.2 Å². The first-order chi connectivity index (χ1) is 8.60. The maximum Gasteiger partial charge on any atom is 0.172 e. The van der Waals surface area contributed by atoms with Gasteiger partial charge in [0.05, 0.1) is 18.7 Å². The zero-order valence-corrected chi connectivity index (χ0v) is 10.9. The largest absolute Gasteiger partial charge is 0.497 e. The number of nitrogens with zero attached hydrogens (tertiary/aromatic N) is 1. The van der Waals surface area contributed by atoms with E-state index in [0.29, 0.717) is 17.1 Å². The molecule has 1 aromatic rings. The van der Waals surface area contributed by atoms with Gasteiger partial charge in [-0.1, -0.05) is 13.8 Å². The molecule has 0 saturated carbocycles. The number of ether oxygens (including phenoxy) is 2. The van der Waals surface area contributed by atoms with Crippen molar-refractivity contribution in [1.29, 1.82) is 5.26 Å². The zero-order chi connectivity index (χ0) is 13.5. The van der Waals surface area contributed by atoms with Gasteiger partial charge in [0.1, 0.15) is 18.1 Å². The molecule has 0 aliphatic rings. The maximum atomic E-state index is 11.6. The van der Waals surface area contributed by atoms with Crippen LogP contribution in [0, 0.1) is 17.2 Å². The van der Waals surface area contributed by atoms with Gasteiger partial charge in [-0.15, -0.1) is 0 Å². The molecule has 1 rings (SSSR count). The number of hydrogen-bond donors (Lipinski definition) is 0. The molecule has 1 unspecified atom stereocenters. The minimum Gasteiger partial charge on any atom is -0.497 e. The van der Waals surface area contributed by atoms with Crippen molar-refractivity contribution in [2.24, 2.45) is 5.92 Å². The summed E-state index contributed by atoms with van der Waals surface area (Å²) in [4.78, 5) is 11.6. The predicted molar refractivity (Wildman–Crippen MR) is 67.7 cm³/mol. The number of Topliss-reactive ketones (excluding diaryl/α,β-unsaturated/α-hetero) is 1. The molecule has 96 valence electrons. The van der Waals surface area contributed by atoms with Crippen LogP contribution in [0.25, 0.3) is 0 Å². The average Bonchev–Trinajstić information content (AvgIpc) is 2.43. The molecule has 0 bridgehead atoms. The van der Waals surface area contributed by atoms with Crippen LogP contribution in [0.1, 0.15) is 25.8 Å². The molecule has 0 N–H and O–H groups in total. The smallest absolute Gasteiger partial charge is 0.172 e. The lowest BCUT2D eigenvalue weighted by molar-refractivity contribution is -0.124. The Kier molecular flexibility index (Phi) is 5.19. The van der Waals surface area contributed by atoms with Crippen LogP contribution in [0.15, 0.2) is 18.2 Å². The van der Waals surface area contributed by atoms with Gasteiger partial charge >= 0.3 is 0 Å². The number of carbonyl (C=O) groups is 1. The van der Waals surface area contributed by atoms with Crippen LogP contribution in [0.2, 0.25) is 0 Å². The minimum atomic E-state index is -0.00829. The lowest BCUT2D eigenvalue weighted by atomic mass is 10.0. The monoisotopic (exact) mass is 247 g/mol. The summed E-state index contributed by atoms with van der Waals surface area (Å²) in [6, 6.07) is 6.88. The molecular formula is C14H17NO3. The molecule has 0 heterocycles. The summed E-state index contributed by atoms with van der Waals surface area (Å²) in [5.74, 6) is 1.06. The van der Waals surface area contributed by atoms with E-state index in [-0.39, 0.29) is 18.3 Å². The first kappa shape index (κ1) is 14.0. The van der Waals surface area contributed by atoms with E-state index in [9.17, 15) is 4.79 Å². The summed E-state index contributed by atoms with van der Waals surface area (Å²) >= 11 is 0. The van der Waals surface area contributed by atoms with Gasteiger partial charge in [0.15, 0.2) is 5.78 Å². The molecular weight excluding hydrogens is 230 g/mol. The third kappa shape index (κ3) is 3.77. The van der Waals surface area contributed by atoms with Crippen LogP contribution in [0.4, 0.5) is 0 Å². The van der Waals surface area contributed by atoms with E-state index >= 15 is 0 Å². The summed E-state index contributed by atoms with van der Waals surface area (Å²) in [5, 5.41) is 8.86. The van der Waals surface area contributed by atoms with Crippen molar-refractivity contribution in [3.05, 3.63) is 23.8 Å². The van der Waals surface area contributed by atoms with Gasteiger partial charge in [0, 0.05) is 12.0 Å². The second-order valence-electron chi connectivity index (χ2n) is 4.07. The molecule has 0 amide bonds. The second-order valence-corrected chi connectivity index (χ2v) is 4.07. The Labute approximate surface area is 107 Å². The highest BCUT2D eigenvalue weighted by Gasteiger charge is 2.11. The molecule has 1 atom stereocenters. The van der Waals surface area contributed by atoms with E-state index in [4.69, 9.17) is 14.7 Å². The number of nitriles is 1. The van der Waals surface area contributed by atoms with E-state index in [2.05, 4.69) is 0 Å². The first-order valence-corrected chi connectivity index (χ1v) is 5.85. The highest BCUT2D eigenvalue weighted by atomic mass is 16.5. The molecule has 0 saturated heterocycles. The van der Waals surface area contributed by atoms with E-state index in [1.807, 2.05) is 19.9 Å². The van der Waals surface area contributed by atoms with Gasteiger partial charge in [0.2, 0.25) is 0 Å². The van der Waals surface area contributed by atoms with Crippen molar-refractivity contribution in [2.75, 3.05) is 13.7 Å². The summed E-state index contributed by atoms with van der Waals surface area (Å²) in [6.45, 7) is 3.85. The summed E-state index contributed by atoms with van der Waals surface area (Å²) in [6.07, 6.45) is 0.795. The standard InChI is InChI=1S/C14H17NO3/c1-4-10(2)14(16)9-18-13-6-11(8-15)5-12(7-13)17-3/h5-7,10H,4,9H2,1-3H3. The Hall–Kier alpha value is -2.02. The predicted octanol–water partition coefficient (Wildman–Crippen LogP) is 2.56. The zero-order valence-electron chi connectivity index (χ0n) is 10.9. The number of ketones is 1. The number of hydrogen-bond acceptors (Lipinski definition) is 4. The molecule has 4 heteroatoms. The Morgan fingerprint density at radius 1 is 1.39 bits per heavy atom. The molecule has 0 aliphatic heterocycles. The fourth-order valence-electron chi connectivity index (χ4n) is 1.36. The second kappa shape index (κ2) is 6.65. The normalized spacial score (nSPS) is 11.4. The lowest BCUT2D eigenvalue weighted by Gasteiger charge is -2.10. The Bertz CT molecular complexity index is 463. The highest BCUT2D eigenvalue weighted by molar-refractivity contribution is 5.82. The van der Waals surface area contributed by atoms with E-state index in [1.165, 1.54) is 7.11 Å². The van der Waals surface area contributed by atoms with Crippen molar-refractivity contribution in [3.63, 3.8) is 0 Å². The fourth-order valence-corrected chi connectivity index (χ4v) is 1.36. The minimum absolute atomic E-state index is 0.00829. The van der Waals surface area contributed by atoms with Gasteiger partial charge in [-0.2, -0.15) is 5.26 Å². The molecule has 0 aliphatic carbocycles. The Balaban J connectivity index is 2.73. The molecule has 4 nitrogen and oxygen atoms in total. The van der Waals surface area contributed by atoms with E-state index in [0.717, 1.165) is 6.42 Å². The maximum absolute atomic E-state index is 11.6. The fraction of sp³-hybridized carbons (Fsp3) is 0.429. The molecule has 0 fully saturated rings. The number of benzene rings is 1. The highest BCUT2D eigenvalue weighted by Crippen LogP contribution is 2.22. The van der Waals surface area contributed by atoms with E-state index < -0.39 is 0 Å². The topological polar surface area (TPSA) is 59.3 Å².